The van der Waals surface area contributed by atoms with Gasteiger partial charge in [0.15, 0.2) is 0 Å². The van der Waals surface area contributed by atoms with E-state index in [1.807, 2.05) is 0 Å². The molecule has 0 aliphatic heterocycles. The minimum atomic E-state index is -0.292. The number of aromatic nitrogens is 2. The summed E-state index contributed by atoms with van der Waals surface area (Å²) in [5.41, 5.74) is 1.16. The highest BCUT2D eigenvalue weighted by molar-refractivity contribution is 5.92. The molecule has 1 aliphatic rings. The Morgan fingerprint density at radius 3 is 2.62 bits per heavy atom. The van der Waals surface area contributed by atoms with Crippen molar-refractivity contribution in [1.82, 2.24) is 15.3 Å². The summed E-state index contributed by atoms with van der Waals surface area (Å²) in [5, 5.41) is 6.10. The Hall–Kier alpha value is -2.50. The Kier molecular flexibility index (Phi) is 5.36. The standard InChI is InChI=1S/C18H21FN4O/c19-14-8-6-13(7-9-14)12-21-17(24)16-10-11-20-18(23-16)22-15-4-2-1-3-5-15/h6-11,15H,1-5,12H2,(H,21,24)(H,20,22,23). The molecule has 1 fully saturated rings. The van der Waals surface area contributed by atoms with Gasteiger partial charge in [0.25, 0.3) is 5.91 Å². The van der Waals surface area contributed by atoms with Crippen molar-refractivity contribution in [2.24, 2.45) is 0 Å². The maximum atomic E-state index is 12.9. The third-order valence-corrected chi connectivity index (χ3v) is 4.19. The molecule has 2 N–H and O–H groups in total. The van der Waals surface area contributed by atoms with Gasteiger partial charge in [0.05, 0.1) is 0 Å². The fraction of sp³-hybridized carbons (Fsp3) is 0.389. The van der Waals surface area contributed by atoms with Crippen molar-refractivity contribution in [3.05, 3.63) is 53.6 Å². The van der Waals surface area contributed by atoms with E-state index >= 15 is 0 Å². The van der Waals surface area contributed by atoms with Crippen molar-refractivity contribution >= 4 is 11.9 Å². The van der Waals surface area contributed by atoms with E-state index in [1.54, 1.807) is 24.4 Å². The molecule has 0 radical (unpaired) electrons. The molecule has 0 spiro atoms. The summed E-state index contributed by atoms with van der Waals surface area (Å²) in [6, 6.07) is 8.01. The van der Waals surface area contributed by atoms with E-state index in [0.717, 1.165) is 18.4 Å². The van der Waals surface area contributed by atoms with Crippen LogP contribution in [0.1, 0.15) is 48.2 Å². The number of carbonyl (C=O) groups excluding carboxylic acids is 1. The molecule has 24 heavy (non-hydrogen) atoms. The van der Waals surface area contributed by atoms with Gasteiger partial charge < -0.3 is 10.6 Å². The van der Waals surface area contributed by atoms with E-state index in [2.05, 4.69) is 20.6 Å². The Morgan fingerprint density at radius 2 is 1.88 bits per heavy atom. The molecule has 126 valence electrons. The van der Waals surface area contributed by atoms with Crippen LogP contribution in [0.5, 0.6) is 0 Å². The van der Waals surface area contributed by atoms with Gasteiger partial charge in [0, 0.05) is 18.8 Å². The molecule has 5 nitrogen and oxygen atoms in total. The lowest BCUT2D eigenvalue weighted by Crippen LogP contribution is -2.26. The number of benzene rings is 1. The first kappa shape index (κ1) is 16.4. The molecule has 0 bridgehead atoms. The average molecular weight is 328 g/mol. The minimum Gasteiger partial charge on any atom is -0.351 e. The second-order valence-corrected chi connectivity index (χ2v) is 6.05. The monoisotopic (exact) mass is 328 g/mol. The molecule has 3 rings (SSSR count). The maximum Gasteiger partial charge on any atom is 0.270 e. The number of hydrogen-bond donors (Lipinski definition) is 2. The van der Waals surface area contributed by atoms with Crippen LogP contribution in [0.4, 0.5) is 10.3 Å². The van der Waals surface area contributed by atoms with Crippen LogP contribution in [0.15, 0.2) is 36.5 Å². The smallest absolute Gasteiger partial charge is 0.270 e. The number of nitrogens with one attached hydrogen (secondary N) is 2. The first-order valence-corrected chi connectivity index (χ1v) is 8.33. The SMILES string of the molecule is O=C(NCc1ccc(F)cc1)c1ccnc(NC2CCCCC2)n1. The Morgan fingerprint density at radius 1 is 1.12 bits per heavy atom. The van der Waals surface area contributed by atoms with Gasteiger partial charge in [-0.15, -0.1) is 0 Å². The zero-order chi connectivity index (χ0) is 16.8. The van der Waals surface area contributed by atoms with Gasteiger partial charge in [-0.25, -0.2) is 14.4 Å². The quantitative estimate of drug-likeness (QED) is 0.884. The zero-order valence-electron chi connectivity index (χ0n) is 13.5. The largest absolute Gasteiger partial charge is 0.351 e. The van der Waals surface area contributed by atoms with Crippen molar-refractivity contribution in [2.45, 2.75) is 44.7 Å². The number of carbonyl (C=O) groups is 1. The molecule has 1 aliphatic carbocycles. The van der Waals surface area contributed by atoms with Gasteiger partial charge in [-0.3, -0.25) is 4.79 Å². The lowest BCUT2D eigenvalue weighted by molar-refractivity contribution is 0.0946. The molecule has 1 heterocycles. The summed E-state index contributed by atoms with van der Waals surface area (Å²) >= 11 is 0. The third-order valence-electron chi connectivity index (χ3n) is 4.19. The second kappa shape index (κ2) is 7.86. The molecule has 1 aromatic carbocycles. The maximum absolute atomic E-state index is 12.9. The number of anilines is 1. The van der Waals surface area contributed by atoms with E-state index < -0.39 is 0 Å². The van der Waals surface area contributed by atoms with Crippen molar-refractivity contribution in [2.75, 3.05) is 5.32 Å². The lowest BCUT2D eigenvalue weighted by Gasteiger charge is -2.22. The van der Waals surface area contributed by atoms with Gasteiger partial charge in [-0.05, 0) is 36.6 Å². The number of halogens is 1. The second-order valence-electron chi connectivity index (χ2n) is 6.05. The third kappa shape index (κ3) is 4.50. The predicted octanol–water partition coefficient (Wildman–Crippen LogP) is 3.29. The van der Waals surface area contributed by atoms with Crippen LogP contribution in [0.25, 0.3) is 0 Å². The van der Waals surface area contributed by atoms with Crippen LogP contribution < -0.4 is 10.6 Å². The van der Waals surface area contributed by atoms with E-state index in [9.17, 15) is 9.18 Å². The van der Waals surface area contributed by atoms with Gasteiger partial charge in [0.1, 0.15) is 11.5 Å². The summed E-state index contributed by atoms with van der Waals surface area (Å²) in [4.78, 5) is 20.7. The fourth-order valence-corrected chi connectivity index (χ4v) is 2.86. The normalized spacial score (nSPS) is 15.0. The molecule has 1 amide bonds. The van der Waals surface area contributed by atoms with Crippen LogP contribution in [0, 0.1) is 5.82 Å². The summed E-state index contributed by atoms with van der Waals surface area (Å²) < 4.78 is 12.9. The summed E-state index contributed by atoms with van der Waals surface area (Å²) in [6.45, 7) is 0.328. The topological polar surface area (TPSA) is 66.9 Å². The van der Waals surface area contributed by atoms with Crippen LogP contribution in [0.3, 0.4) is 0 Å². The summed E-state index contributed by atoms with van der Waals surface area (Å²) in [6.07, 6.45) is 7.54. The number of hydrogen-bond acceptors (Lipinski definition) is 4. The zero-order valence-corrected chi connectivity index (χ0v) is 13.5. The van der Waals surface area contributed by atoms with Crippen LogP contribution in [-0.4, -0.2) is 21.9 Å². The van der Waals surface area contributed by atoms with Gasteiger partial charge >= 0.3 is 0 Å². The van der Waals surface area contributed by atoms with Crippen LogP contribution in [0.2, 0.25) is 0 Å². The Labute approximate surface area is 140 Å². The van der Waals surface area contributed by atoms with Crippen molar-refractivity contribution in [3.63, 3.8) is 0 Å². The van der Waals surface area contributed by atoms with Gasteiger partial charge in [-0.1, -0.05) is 31.4 Å². The van der Waals surface area contributed by atoms with E-state index in [0.29, 0.717) is 24.2 Å². The molecule has 0 saturated heterocycles. The molecule has 6 heteroatoms. The first-order chi connectivity index (χ1) is 11.7. The molecule has 0 atom stereocenters. The first-order valence-electron chi connectivity index (χ1n) is 8.33. The van der Waals surface area contributed by atoms with Crippen molar-refractivity contribution in [3.8, 4) is 0 Å². The Bertz CT molecular complexity index is 684. The molecule has 1 aromatic heterocycles. The van der Waals surface area contributed by atoms with E-state index in [-0.39, 0.29) is 11.7 Å². The summed E-state index contributed by atoms with van der Waals surface area (Å²) in [7, 11) is 0. The van der Waals surface area contributed by atoms with Gasteiger partial charge in [0.2, 0.25) is 5.95 Å². The molecule has 1 saturated carbocycles. The highest BCUT2D eigenvalue weighted by Crippen LogP contribution is 2.20. The van der Waals surface area contributed by atoms with Gasteiger partial charge in [-0.2, -0.15) is 0 Å². The lowest BCUT2D eigenvalue weighted by atomic mass is 9.96. The highest BCUT2D eigenvalue weighted by Gasteiger charge is 2.15. The van der Waals surface area contributed by atoms with Crippen molar-refractivity contribution < 1.29 is 9.18 Å². The molecule has 0 unspecified atom stereocenters. The number of amides is 1. The van der Waals surface area contributed by atoms with Crippen LogP contribution in [-0.2, 0) is 6.54 Å². The fourth-order valence-electron chi connectivity index (χ4n) is 2.86. The Balaban J connectivity index is 1.58. The summed E-state index contributed by atoms with van der Waals surface area (Å²) in [5.74, 6) is -0.0657. The molecular formula is C18H21FN4O. The van der Waals surface area contributed by atoms with E-state index in [1.165, 1.54) is 31.4 Å². The molecular weight excluding hydrogens is 307 g/mol. The average Bonchev–Trinajstić information content (AvgIpc) is 2.62. The minimum absolute atomic E-state index is 0.270. The van der Waals surface area contributed by atoms with Crippen LogP contribution >= 0.6 is 0 Å². The highest BCUT2D eigenvalue weighted by atomic mass is 19.1. The number of rotatable bonds is 5. The van der Waals surface area contributed by atoms with Crippen molar-refractivity contribution in [1.29, 1.82) is 0 Å². The van der Waals surface area contributed by atoms with E-state index in [4.69, 9.17) is 0 Å². The number of nitrogens with zero attached hydrogens (tertiary/aromatic N) is 2. The molecule has 2 aromatic rings. The predicted molar refractivity (Wildman–Crippen MR) is 90.1 cm³/mol.